The van der Waals surface area contributed by atoms with Crippen LogP contribution in [0.4, 0.5) is 5.82 Å². The lowest BCUT2D eigenvalue weighted by atomic mass is 9.90. The first-order valence-electron chi connectivity index (χ1n) is 17.1. The first-order chi connectivity index (χ1) is 24.6. The number of nitrogens with two attached hydrogens (primary N) is 1. The summed E-state index contributed by atoms with van der Waals surface area (Å²) in [7, 11) is -1.41. The molecule has 1 saturated carbocycles. The molecule has 1 aliphatic heterocycles. The van der Waals surface area contributed by atoms with Crippen molar-refractivity contribution < 1.29 is 23.1 Å². The van der Waals surface area contributed by atoms with E-state index in [1.807, 2.05) is 48.5 Å². The molecule has 1 aliphatic carbocycles. The number of carboxylic acids is 1. The second-order valence-electron chi connectivity index (χ2n) is 13.0. The Morgan fingerprint density at radius 2 is 1.57 bits per heavy atom. The topological polar surface area (TPSA) is 169 Å². The smallest absolute Gasteiger partial charge is 0.300 e. The zero-order valence-corrected chi connectivity index (χ0v) is 29.7. The fourth-order valence-corrected chi connectivity index (χ4v) is 7.74. The first kappa shape index (κ1) is 35.9. The molecule has 268 valence electrons. The van der Waals surface area contributed by atoms with Gasteiger partial charge in [-0.2, -0.15) is 5.10 Å². The van der Waals surface area contributed by atoms with E-state index in [2.05, 4.69) is 36.2 Å². The molecule has 0 bridgehead atoms. The Morgan fingerprint density at radius 1 is 0.902 bits per heavy atom. The van der Waals surface area contributed by atoms with Gasteiger partial charge in [-0.05, 0) is 86.8 Å². The maximum absolute atomic E-state index is 12.6. The average Bonchev–Trinajstić information content (AvgIpc) is 3.53. The highest BCUT2D eigenvalue weighted by Crippen LogP contribution is 2.37. The summed E-state index contributed by atoms with van der Waals surface area (Å²) in [6, 6.07) is 24.3. The van der Waals surface area contributed by atoms with Gasteiger partial charge in [-0.15, -0.1) is 0 Å². The Balaban J connectivity index is 0.00000107. The van der Waals surface area contributed by atoms with Crippen molar-refractivity contribution in [2.75, 3.05) is 39.0 Å². The van der Waals surface area contributed by atoms with Gasteiger partial charge in [-0.3, -0.25) is 9.69 Å². The maximum Gasteiger partial charge on any atom is 0.300 e. The number of carboxylic acid groups (broad SMARTS) is 1. The highest BCUT2D eigenvalue weighted by Gasteiger charge is 2.30. The normalized spacial score (nSPS) is 18.5. The van der Waals surface area contributed by atoms with Crippen molar-refractivity contribution in [3.63, 3.8) is 0 Å². The van der Waals surface area contributed by atoms with Gasteiger partial charge in [0.1, 0.15) is 29.3 Å². The maximum atomic E-state index is 12.6. The Bertz CT molecular complexity index is 2040. The van der Waals surface area contributed by atoms with Gasteiger partial charge in [0.2, 0.25) is 10.0 Å². The molecule has 4 N–H and O–H groups in total. The van der Waals surface area contributed by atoms with Crippen LogP contribution in [-0.2, 0) is 21.4 Å². The molecule has 3 aromatic carbocycles. The number of piperazine rings is 1. The van der Waals surface area contributed by atoms with Crippen LogP contribution in [-0.4, -0.2) is 88.3 Å². The van der Waals surface area contributed by atoms with E-state index >= 15 is 0 Å². The van der Waals surface area contributed by atoms with E-state index in [9.17, 15) is 8.42 Å². The van der Waals surface area contributed by atoms with Crippen molar-refractivity contribution in [2.45, 2.75) is 56.1 Å². The summed E-state index contributed by atoms with van der Waals surface area (Å²) in [6.45, 7) is 5.79. The van der Waals surface area contributed by atoms with Gasteiger partial charge in [-0.1, -0.05) is 30.3 Å². The summed E-state index contributed by atoms with van der Waals surface area (Å²) in [4.78, 5) is 23.2. The molecule has 0 unspecified atom stereocenters. The summed E-state index contributed by atoms with van der Waals surface area (Å²) in [5, 5.41) is 13.3. The lowest BCUT2D eigenvalue weighted by molar-refractivity contribution is -0.134. The minimum absolute atomic E-state index is 0.143. The first-order valence-corrected chi connectivity index (χ1v) is 18.6. The van der Waals surface area contributed by atoms with E-state index in [1.54, 1.807) is 30.3 Å². The fourth-order valence-electron chi connectivity index (χ4n) is 6.70. The molecule has 5 aromatic rings. The zero-order chi connectivity index (χ0) is 36.0. The Morgan fingerprint density at radius 3 is 2.25 bits per heavy atom. The van der Waals surface area contributed by atoms with Crippen LogP contribution in [0.1, 0.15) is 44.2 Å². The minimum atomic E-state index is -3.61. The molecule has 0 atom stereocenters. The predicted molar refractivity (Wildman–Crippen MR) is 196 cm³/mol. The van der Waals surface area contributed by atoms with Gasteiger partial charge in [0.15, 0.2) is 5.65 Å². The van der Waals surface area contributed by atoms with Gasteiger partial charge in [0.05, 0.1) is 16.3 Å². The van der Waals surface area contributed by atoms with Crippen molar-refractivity contribution in [3.05, 3.63) is 90.8 Å². The van der Waals surface area contributed by atoms with Crippen molar-refractivity contribution in [2.24, 2.45) is 0 Å². The second kappa shape index (κ2) is 16.0. The van der Waals surface area contributed by atoms with Crippen molar-refractivity contribution in [1.82, 2.24) is 34.3 Å². The van der Waals surface area contributed by atoms with Gasteiger partial charge in [-0.25, -0.2) is 27.8 Å². The lowest BCUT2D eigenvalue weighted by Gasteiger charge is -2.41. The lowest BCUT2D eigenvalue weighted by Crippen LogP contribution is -2.49. The molecule has 2 aliphatic rings. The van der Waals surface area contributed by atoms with Crippen molar-refractivity contribution in [1.29, 1.82) is 0 Å². The number of sulfonamides is 1. The van der Waals surface area contributed by atoms with Crippen molar-refractivity contribution >= 4 is 32.8 Å². The van der Waals surface area contributed by atoms with E-state index in [0.717, 1.165) is 86.6 Å². The number of nitrogens with zero attached hydrogens (tertiary/aromatic N) is 6. The fraction of sp³-hybridized carbons (Fsp3) is 0.351. The largest absolute Gasteiger partial charge is 0.481 e. The van der Waals surface area contributed by atoms with E-state index in [-0.39, 0.29) is 17.5 Å². The number of carbonyl (C=O) groups is 1. The molecule has 0 amide bonds. The zero-order valence-electron chi connectivity index (χ0n) is 28.9. The van der Waals surface area contributed by atoms with Crippen LogP contribution in [0.3, 0.4) is 0 Å². The van der Waals surface area contributed by atoms with Crippen LogP contribution in [0, 0.1) is 0 Å². The number of aromatic nitrogens is 4. The summed E-state index contributed by atoms with van der Waals surface area (Å²) >= 11 is 0. The van der Waals surface area contributed by atoms with E-state index in [4.69, 9.17) is 25.5 Å². The number of hydrogen-bond donors (Lipinski definition) is 3. The van der Waals surface area contributed by atoms with Crippen molar-refractivity contribution in [3.8, 4) is 22.8 Å². The average molecular weight is 713 g/mol. The Kier molecular flexibility index (Phi) is 11.3. The number of hydrogen-bond acceptors (Lipinski definition) is 10. The number of nitrogen functional groups attached to an aromatic ring is 1. The number of aliphatic carboxylic acids is 1. The number of likely N-dealkylation sites (N-methyl/N-ethyl adjacent to an activating group) is 1. The highest BCUT2D eigenvalue weighted by molar-refractivity contribution is 7.89. The van der Waals surface area contributed by atoms with E-state index < -0.39 is 16.0 Å². The number of benzene rings is 3. The SMILES string of the molecule is CC(=O)O.CN1CCN([C@H]2CC[C@@H](n3nc(-c4ccc(Oc5cccc(CNS(=O)(=O)c6ccccc6)c5)cc4)c4c(N)ncnc43)CC2)CC1. The quantitative estimate of drug-likeness (QED) is 0.184. The second-order valence-corrected chi connectivity index (χ2v) is 14.7. The summed E-state index contributed by atoms with van der Waals surface area (Å²) in [5.74, 6) is 0.835. The van der Waals surface area contributed by atoms with Gasteiger partial charge < -0.3 is 20.5 Å². The molecule has 7 rings (SSSR count). The Labute approximate surface area is 298 Å². The molecule has 1 saturated heterocycles. The van der Waals surface area contributed by atoms with Crippen LogP contribution < -0.4 is 15.2 Å². The number of rotatable bonds is 9. The molecule has 13 nitrogen and oxygen atoms in total. The van der Waals surface area contributed by atoms with Gasteiger partial charge in [0.25, 0.3) is 5.97 Å². The number of nitrogens with one attached hydrogen (secondary N) is 1. The number of ether oxygens (including phenoxy) is 1. The molecule has 3 heterocycles. The predicted octanol–water partition coefficient (Wildman–Crippen LogP) is 5.17. The monoisotopic (exact) mass is 712 g/mol. The molecular weight excluding hydrogens is 669 g/mol. The minimum Gasteiger partial charge on any atom is -0.481 e. The molecular formula is C37H44N8O5S. The highest BCUT2D eigenvalue weighted by atomic mass is 32.2. The molecule has 51 heavy (non-hydrogen) atoms. The van der Waals surface area contributed by atoms with Crippen LogP contribution in [0.2, 0.25) is 0 Å². The Hall–Kier alpha value is -4.89. The third kappa shape index (κ3) is 8.89. The van der Waals surface area contributed by atoms with Crippen LogP contribution >= 0.6 is 0 Å². The van der Waals surface area contributed by atoms with Crippen LogP contribution in [0.15, 0.2) is 90.1 Å². The molecule has 2 aromatic heterocycles. The van der Waals surface area contributed by atoms with Crippen LogP contribution in [0.25, 0.3) is 22.3 Å². The van der Waals surface area contributed by atoms with Crippen LogP contribution in [0.5, 0.6) is 11.5 Å². The standard InChI is InChI=1S/C35H40N8O3S.C2H4O2/c1-41-18-20-42(21-19-41)27-12-14-28(15-13-27)43-35-32(34(36)37-24-38-35)33(40-43)26-10-16-29(17-11-26)46-30-7-5-6-25(22-30)23-39-47(44,45)31-8-3-2-4-9-31;1-2(3)4/h2-11,16-17,22,24,27-28,39H,12-15,18-21,23H2,1H3,(H2,36,37,38);1H3,(H,3,4)/t27-,28+;. The summed E-state index contributed by atoms with van der Waals surface area (Å²) in [5.41, 5.74) is 9.63. The summed E-state index contributed by atoms with van der Waals surface area (Å²) < 4.78 is 36.2. The number of fused-ring (bicyclic) bond motifs is 1. The molecule has 0 radical (unpaired) electrons. The van der Waals surface area contributed by atoms with E-state index in [0.29, 0.717) is 23.4 Å². The van der Waals surface area contributed by atoms with Gasteiger partial charge >= 0.3 is 0 Å². The van der Waals surface area contributed by atoms with Gasteiger partial charge in [0, 0.05) is 51.3 Å². The third-order valence-corrected chi connectivity index (χ3v) is 10.8. The molecule has 14 heteroatoms. The summed E-state index contributed by atoms with van der Waals surface area (Å²) in [6.07, 6.45) is 5.93. The number of anilines is 1. The van der Waals surface area contributed by atoms with E-state index in [1.165, 1.54) is 6.33 Å². The molecule has 0 spiro atoms. The molecule has 2 fully saturated rings. The third-order valence-electron chi connectivity index (χ3n) is 9.37.